The van der Waals surface area contributed by atoms with Gasteiger partial charge in [0.05, 0.1) is 18.6 Å². The number of aromatic nitrogens is 6. The number of ether oxygens (including phenoxy) is 1. The molecule has 4 aromatic rings. The number of aliphatic hydroxyl groups excluding tert-OH is 4. The maximum Gasteiger partial charge on any atom is 0.335 e. The number of carboxylic acids is 1. The smallest absolute Gasteiger partial charge is 0.335 e. The fourth-order valence-corrected chi connectivity index (χ4v) is 5.81. The van der Waals surface area contributed by atoms with Crippen LogP contribution in [0.4, 0.5) is 5.95 Å². The van der Waals surface area contributed by atoms with Crippen molar-refractivity contribution in [3.05, 3.63) is 56.6 Å². The van der Waals surface area contributed by atoms with Gasteiger partial charge in [0.2, 0.25) is 5.95 Å². The van der Waals surface area contributed by atoms with E-state index in [9.17, 15) is 14.4 Å². The average molecular weight is 667 g/mol. The zero-order valence-electron chi connectivity index (χ0n) is 26.6. The molecule has 7 N–H and O–H groups in total. The first-order valence-corrected chi connectivity index (χ1v) is 15.3. The first kappa shape index (κ1) is 34.6. The van der Waals surface area contributed by atoms with Crippen LogP contribution in [0.25, 0.3) is 22.1 Å². The van der Waals surface area contributed by atoms with Crippen LogP contribution in [0.1, 0.15) is 31.3 Å². The Hall–Kier alpha value is -4.70. The zero-order chi connectivity index (χ0) is 34.9. The highest BCUT2D eigenvalue weighted by molar-refractivity contribution is 5.80. The Bertz CT molecular complexity index is 2010. The lowest BCUT2D eigenvalue weighted by Gasteiger charge is -2.36. The van der Waals surface area contributed by atoms with Crippen LogP contribution in [-0.4, -0.2) is 110 Å². The van der Waals surface area contributed by atoms with E-state index < -0.39 is 47.9 Å². The fourth-order valence-electron chi connectivity index (χ4n) is 5.81. The van der Waals surface area contributed by atoms with E-state index in [1.54, 1.807) is 18.5 Å². The highest BCUT2D eigenvalue weighted by Gasteiger charge is 2.46. The quantitative estimate of drug-likeness (QED) is 0.127. The number of aliphatic hydroxyl groups is 4. The predicted octanol–water partition coefficient (Wildman–Crippen LogP) is -1.98. The number of carboxylic acid groups (broad SMARTS) is 1. The van der Waals surface area contributed by atoms with E-state index in [4.69, 9.17) is 36.3 Å². The third-order valence-electron chi connectivity index (χ3n) is 8.34. The first-order chi connectivity index (χ1) is 22.8. The number of fused-ring (bicyclic) bond motifs is 2. The van der Waals surface area contributed by atoms with Crippen molar-refractivity contribution in [2.45, 2.75) is 76.5 Å². The van der Waals surface area contributed by atoms with Gasteiger partial charge in [0.25, 0.3) is 5.56 Å². The van der Waals surface area contributed by atoms with Gasteiger partial charge in [0.1, 0.15) is 24.1 Å². The number of piperidine rings is 1. The molecule has 0 spiro atoms. The molecule has 1 aromatic carbocycles. The fraction of sp³-hybridized carbons (Fsp3) is 0.484. The minimum absolute atomic E-state index is 0.0306. The van der Waals surface area contributed by atoms with Gasteiger partial charge >= 0.3 is 11.7 Å². The third kappa shape index (κ3) is 6.67. The maximum atomic E-state index is 13.7. The van der Waals surface area contributed by atoms with Crippen LogP contribution in [-0.2, 0) is 29.7 Å². The number of nitrogens with two attached hydrogens (primary N) is 1. The molecule has 6 rings (SSSR count). The van der Waals surface area contributed by atoms with Crippen LogP contribution >= 0.6 is 0 Å². The molecule has 0 bridgehead atoms. The molecule has 6 atom stereocenters. The maximum absolute atomic E-state index is 13.7. The summed E-state index contributed by atoms with van der Waals surface area (Å²) in [6, 6.07) is 7.71. The summed E-state index contributed by atoms with van der Waals surface area (Å²) in [5.41, 5.74) is 7.54. The first-order valence-electron chi connectivity index (χ1n) is 15.3. The van der Waals surface area contributed by atoms with Gasteiger partial charge in [0.15, 0.2) is 23.6 Å². The van der Waals surface area contributed by atoms with Gasteiger partial charge in [-0.05, 0) is 32.8 Å². The summed E-state index contributed by atoms with van der Waals surface area (Å²) in [6.07, 6.45) is -6.84. The molecule has 0 radical (unpaired) electrons. The Morgan fingerprint density at radius 1 is 1.06 bits per heavy atom. The second kappa shape index (κ2) is 14.2. The Kier molecular flexibility index (Phi) is 10.2. The van der Waals surface area contributed by atoms with Crippen LogP contribution in [0.15, 0.2) is 33.9 Å². The molecule has 0 aliphatic carbocycles. The SMILES string of the molecule is CC#CCn1c(N2CCC[C@@H](N)C2)nc2c1c(=O)n(Cc1nc(C)c3ccccc3n1)c(=O)n2C.O=C(O)[C@H]1O[C@@H](O)[C@H](O)[C@@H](O)[C@@H]1O. The third-order valence-corrected chi connectivity index (χ3v) is 8.34. The molecule has 2 aliphatic rings. The summed E-state index contributed by atoms with van der Waals surface area (Å²) in [4.78, 5) is 53.4. The van der Waals surface area contributed by atoms with E-state index in [0.29, 0.717) is 29.5 Å². The molecule has 48 heavy (non-hydrogen) atoms. The van der Waals surface area contributed by atoms with Crippen molar-refractivity contribution in [2.75, 3.05) is 18.0 Å². The van der Waals surface area contributed by atoms with Crippen LogP contribution in [0.5, 0.6) is 0 Å². The Morgan fingerprint density at radius 2 is 1.79 bits per heavy atom. The van der Waals surface area contributed by atoms with Crippen molar-refractivity contribution in [3.8, 4) is 11.8 Å². The molecule has 5 heterocycles. The normalized spacial score (nSPS) is 24.1. The average Bonchev–Trinajstić information content (AvgIpc) is 3.45. The van der Waals surface area contributed by atoms with Gasteiger partial charge in [-0.15, -0.1) is 5.92 Å². The molecular formula is C31H38N8O9. The number of aliphatic carboxylic acids is 1. The van der Waals surface area contributed by atoms with E-state index >= 15 is 0 Å². The van der Waals surface area contributed by atoms with Crippen molar-refractivity contribution in [1.29, 1.82) is 0 Å². The van der Waals surface area contributed by atoms with Crippen molar-refractivity contribution in [3.63, 3.8) is 0 Å². The number of benzene rings is 1. The number of para-hydroxylation sites is 1. The molecule has 17 nitrogen and oxygen atoms in total. The van der Waals surface area contributed by atoms with Gasteiger partial charge < -0.3 is 40.9 Å². The minimum atomic E-state index is -1.81. The number of imidazole rings is 1. The molecule has 256 valence electrons. The van der Waals surface area contributed by atoms with Crippen LogP contribution in [0.3, 0.4) is 0 Å². The van der Waals surface area contributed by atoms with Crippen LogP contribution in [0, 0.1) is 18.8 Å². The van der Waals surface area contributed by atoms with Crippen molar-refractivity contribution in [1.82, 2.24) is 28.7 Å². The number of hydrogen-bond acceptors (Lipinski definition) is 13. The molecule has 2 saturated heterocycles. The standard InChI is InChI=1S/C25H28N8O2.C6H10O7/c1-4-5-13-32-21-22(29-24(32)31-12-8-9-17(26)14-31)30(3)25(35)33(23(21)34)15-20-27-16(2)18-10-6-7-11-19(18)28-20;7-1-2(8)4(5(10)11)13-6(12)3(1)9/h6-7,10-11,17H,8-9,12-15,26H2,1-3H3;1-4,6-9,12H,(H,10,11)/t17-;1-,2-,3+,4-,6+/m10/s1. The second-order valence-corrected chi connectivity index (χ2v) is 11.7. The van der Waals surface area contributed by atoms with Gasteiger partial charge in [-0.25, -0.2) is 19.6 Å². The van der Waals surface area contributed by atoms with Crippen molar-refractivity contribution >= 4 is 34.0 Å². The van der Waals surface area contributed by atoms with Gasteiger partial charge in [-0.1, -0.05) is 24.1 Å². The zero-order valence-corrected chi connectivity index (χ0v) is 26.6. The van der Waals surface area contributed by atoms with E-state index in [2.05, 4.69) is 31.4 Å². The van der Waals surface area contributed by atoms with Gasteiger partial charge in [-0.2, -0.15) is 4.98 Å². The van der Waals surface area contributed by atoms with E-state index in [1.165, 1.54) is 9.13 Å². The number of aryl methyl sites for hydroxylation is 2. The largest absolute Gasteiger partial charge is 0.479 e. The lowest BCUT2D eigenvalue weighted by Crippen LogP contribution is -2.59. The highest BCUT2D eigenvalue weighted by Crippen LogP contribution is 2.23. The Morgan fingerprint density at radius 3 is 2.48 bits per heavy atom. The van der Waals surface area contributed by atoms with Crippen LogP contribution in [0.2, 0.25) is 0 Å². The van der Waals surface area contributed by atoms with E-state index in [1.807, 2.05) is 31.2 Å². The predicted molar refractivity (Wildman–Crippen MR) is 172 cm³/mol. The minimum Gasteiger partial charge on any atom is -0.479 e. The molecule has 2 fully saturated rings. The second-order valence-electron chi connectivity index (χ2n) is 11.7. The number of rotatable bonds is 5. The summed E-state index contributed by atoms with van der Waals surface area (Å²) >= 11 is 0. The number of hydrogen-bond donors (Lipinski definition) is 6. The summed E-state index contributed by atoms with van der Waals surface area (Å²) in [5, 5.41) is 45.3. The van der Waals surface area contributed by atoms with Crippen molar-refractivity contribution in [2.24, 2.45) is 12.8 Å². The number of anilines is 1. The molecule has 0 saturated carbocycles. The molecule has 17 heteroatoms. The van der Waals surface area contributed by atoms with Gasteiger partial charge in [0, 0.05) is 37.3 Å². The summed E-state index contributed by atoms with van der Waals surface area (Å²) in [5.74, 6) is 5.44. The number of nitrogens with zero attached hydrogens (tertiary/aromatic N) is 7. The summed E-state index contributed by atoms with van der Waals surface area (Å²) in [6.45, 7) is 5.31. The van der Waals surface area contributed by atoms with E-state index in [-0.39, 0.29) is 19.1 Å². The monoisotopic (exact) mass is 666 g/mol. The van der Waals surface area contributed by atoms with Crippen LogP contribution < -0.4 is 21.9 Å². The van der Waals surface area contributed by atoms with Gasteiger partial charge in [-0.3, -0.25) is 18.5 Å². The molecule has 2 aliphatic heterocycles. The Balaban J connectivity index is 0.000000292. The highest BCUT2D eigenvalue weighted by atomic mass is 16.6. The lowest BCUT2D eigenvalue weighted by atomic mass is 9.99. The molecule has 0 unspecified atom stereocenters. The Labute approximate surface area is 273 Å². The molecule has 3 aromatic heterocycles. The topological polar surface area (TPSA) is 244 Å². The molecule has 0 amide bonds. The lowest BCUT2D eigenvalue weighted by molar-refractivity contribution is -0.279. The van der Waals surface area contributed by atoms with Crippen molar-refractivity contribution < 1.29 is 35.1 Å². The number of carbonyl (C=O) groups is 1. The summed E-state index contributed by atoms with van der Waals surface area (Å²) in [7, 11) is 1.63. The summed E-state index contributed by atoms with van der Waals surface area (Å²) < 4.78 is 8.73. The molecular weight excluding hydrogens is 628 g/mol. The van der Waals surface area contributed by atoms with E-state index in [0.717, 1.165) is 36.0 Å².